The largest absolute Gasteiger partial charge is 0.482 e. The van der Waals surface area contributed by atoms with Crippen LogP contribution in [0.2, 0.25) is 0 Å². The summed E-state index contributed by atoms with van der Waals surface area (Å²) in [6.07, 6.45) is 1.60. The van der Waals surface area contributed by atoms with Gasteiger partial charge in [0.1, 0.15) is 6.61 Å². The number of hydrogen-bond donors (Lipinski definition) is 0. The molecule has 0 spiro atoms. The highest BCUT2D eigenvalue weighted by Crippen LogP contribution is 2.29. The van der Waals surface area contributed by atoms with Crippen molar-refractivity contribution in [2.45, 2.75) is 12.5 Å². The van der Waals surface area contributed by atoms with Gasteiger partial charge in [-0.3, -0.25) is 10.1 Å². The predicted molar refractivity (Wildman–Crippen MR) is 77.8 cm³/mol. The zero-order chi connectivity index (χ0) is 15.2. The maximum atomic E-state index is 11.1. The third-order valence-corrected chi connectivity index (χ3v) is 3.11. The quantitative estimate of drug-likeness (QED) is 0.465. The predicted octanol–water partition coefficient (Wildman–Crippen LogP) is 3.32. The molecule has 1 aromatic heterocycles. The molecule has 2 aromatic rings. The summed E-state index contributed by atoms with van der Waals surface area (Å²) >= 11 is 5.68. The maximum absolute atomic E-state index is 11.1. The van der Waals surface area contributed by atoms with Crippen LogP contribution < -0.4 is 9.47 Å². The Balaban J connectivity index is 2.21. The number of benzene rings is 1. The monoisotopic (exact) mass is 308 g/mol. The van der Waals surface area contributed by atoms with Crippen molar-refractivity contribution in [2.24, 2.45) is 0 Å². The first kappa shape index (κ1) is 15.1. The molecule has 0 saturated heterocycles. The Kier molecular flexibility index (Phi) is 4.94. The fourth-order valence-electron chi connectivity index (χ4n) is 1.78. The second-order valence-corrected chi connectivity index (χ2v) is 4.42. The molecule has 0 saturated carbocycles. The van der Waals surface area contributed by atoms with Gasteiger partial charge < -0.3 is 9.47 Å². The number of ether oxygens (including phenoxy) is 2. The number of nitrogens with zero attached hydrogens (tertiary/aromatic N) is 2. The van der Waals surface area contributed by atoms with Crippen LogP contribution >= 0.6 is 11.6 Å². The van der Waals surface area contributed by atoms with Crippen molar-refractivity contribution in [1.82, 2.24) is 4.98 Å². The molecule has 1 aromatic carbocycles. The lowest BCUT2D eigenvalue weighted by atomic mass is 10.2. The van der Waals surface area contributed by atoms with Gasteiger partial charge in [0.2, 0.25) is 5.88 Å². The minimum Gasteiger partial charge on any atom is -0.482 e. The molecule has 0 aliphatic heterocycles. The van der Waals surface area contributed by atoms with Gasteiger partial charge in [-0.25, -0.2) is 4.98 Å². The van der Waals surface area contributed by atoms with E-state index in [1.807, 2.05) is 0 Å². The lowest BCUT2D eigenvalue weighted by molar-refractivity contribution is -0.386. The molecule has 0 radical (unpaired) electrons. The van der Waals surface area contributed by atoms with Crippen molar-refractivity contribution >= 4 is 17.3 Å². The standard InChI is InChI=1S/C14H13ClN2O4/c1-20-14-11(3-2-6-16-14)9-21-13-5-4-10(8-15)7-12(13)17(18)19/h2-7H,8-9H2,1H3. The Morgan fingerprint density at radius 3 is 2.86 bits per heavy atom. The molecule has 0 amide bonds. The number of pyridine rings is 1. The second kappa shape index (κ2) is 6.90. The fraction of sp³-hybridized carbons (Fsp3) is 0.214. The van der Waals surface area contributed by atoms with Gasteiger partial charge in [0.25, 0.3) is 0 Å². The van der Waals surface area contributed by atoms with Crippen molar-refractivity contribution in [1.29, 1.82) is 0 Å². The first-order valence-corrected chi connectivity index (χ1v) is 6.63. The van der Waals surface area contributed by atoms with Crippen molar-refractivity contribution in [3.63, 3.8) is 0 Å². The third-order valence-electron chi connectivity index (χ3n) is 2.80. The summed E-state index contributed by atoms with van der Waals surface area (Å²) in [5, 5.41) is 11.1. The highest BCUT2D eigenvalue weighted by Gasteiger charge is 2.16. The van der Waals surface area contributed by atoms with Crippen LogP contribution in [0, 0.1) is 10.1 Å². The van der Waals surface area contributed by atoms with E-state index in [4.69, 9.17) is 21.1 Å². The highest BCUT2D eigenvalue weighted by atomic mass is 35.5. The number of hydrogen-bond acceptors (Lipinski definition) is 5. The van der Waals surface area contributed by atoms with E-state index < -0.39 is 4.92 Å². The number of alkyl halides is 1. The van der Waals surface area contributed by atoms with Crippen molar-refractivity contribution < 1.29 is 14.4 Å². The van der Waals surface area contributed by atoms with Crippen molar-refractivity contribution in [3.8, 4) is 11.6 Å². The maximum Gasteiger partial charge on any atom is 0.311 e. The van der Waals surface area contributed by atoms with E-state index in [0.29, 0.717) is 17.0 Å². The summed E-state index contributed by atoms with van der Waals surface area (Å²) in [5.41, 5.74) is 1.25. The molecule has 1 heterocycles. The van der Waals surface area contributed by atoms with Gasteiger partial charge in [0.15, 0.2) is 5.75 Å². The van der Waals surface area contributed by atoms with Crippen LogP contribution in [0.1, 0.15) is 11.1 Å². The molecule has 7 heteroatoms. The Morgan fingerprint density at radius 2 is 2.19 bits per heavy atom. The highest BCUT2D eigenvalue weighted by molar-refractivity contribution is 6.17. The minimum absolute atomic E-state index is 0.115. The van der Waals surface area contributed by atoms with Crippen LogP contribution in [-0.2, 0) is 12.5 Å². The van der Waals surface area contributed by atoms with Gasteiger partial charge in [-0.05, 0) is 23.8 Å². The first-order chi connectivity index (χ1) is 10.2. The van der Waals surface area contributed by atoms with Crippen LogP contribution in [0.25, 0.3) is 0 Å². The number of aromatic nitrogens is 1. The summed E-state index contributed by atoms with van der Waals surface area (Å²) in [7, 11) is 1.50. The Bertz CT molecular complexity index is 649. The topological polar surface area (TPSA) is 74.5 Å². The van der Waals surface area contributed by atoms with Crippen molar-refractivity contribution in [2.75, 3.05) is 7.11 Å². The fourth-order valence-corrected chi connectivity index (χ4v) is 1.95. The molecule has 0 atom stereocenters. The second-order valence-electron chi connectivity index (χ2n) is 4.15. The molecule has 0 aliphatic carbocycles. The van der Waals surface area contributed by atoms with Crippen LogP contribution in [0.4, 0.5) is 5.69 Å². The van der Waals surface area contributed by atoms with E-state index in [2.05, 4.69) is 4.98 Å². The molecular weight excluding hydrogens is 296 g/mol. The Labute approximate surface area is 126 Å². The van der Waals surface area contributed by atoms with Gasteiger partial charge in [-0.15, -0.1) is 11.6 Å². The summed E-state index contributed by atoms with van der Waals surface area (Å²) in [6.45, 7) is 0.123. The average molecular weight is 309 g/mol. The van der Waals surface area contributed by atoms with Crippen LogP contribution in [0.5, 0.6) is 11.6 Å². The smallest absolute Gasteiger partial charge is 0.311 e. The molecule has 2 rings (SSSR count). The zero-order valence-corrected chi connectivity index (χ0v) is 12.0. The molecule has 0 fully saturated rings. The number of nitro groups is 1. The van der Waals surface area contributed by atoms with E-state index in [-0.39, 0.29) is 23.9 Å². The third kappa shape index (κ3) is 3.61. The van der Waals surface area contributed by atoms with E-state index in [9.17, 15) is 10.1 Å². The van der Waals surface area contributed by atoms with E-state index in [1.165, 1.54) is 13.2 Å². The molecule has 21 heavy (non-hydrogen) atoms. The number of halogens is 1. The molecule has 110 valence electrons. The molecular formula is C14H13ClN2O4. The van der Waals surface area contributed by atoms with Crippen molar-refractivity contribution in [3.05, 3.63) is 57.8 Å². The van der Waals surface area contributed by atoms with Gasteiger partial charge in [0.05, 0.1) is 17.6 Å². The average Bonchev–Trinajstić information content (AvgIpc) is 2.52. The van der Waals surface area contributed by atoms with Crippen LogP contribution in [0.15, 0.2) is 36.5 Å². The van der Waals surface area contributed by atoms with Crippen LogP contribution in [-0.4, -0.2) is 17.0 Å². The SMILES string of the molecule is COc1ncccc1COc1ccc(CCl)cc1[N+](=O)[O-]. The summed E-state index contributed by atoms with van der Waals surface area (Å²) < 4.78 is 10.6. The normalized spacial score (nSPS) is 10.2. The summed E-state index contributed by atoms with van der Waals surface area (Å²) in [5.74, 6) is 0.815. The first-order valence-electron chi connectivity index (χ1n) is 6.09. The molecule has 0 N–H and O–H groups in total. The molecule has 0 aliphatic rings. The lowest BCUT2D eigenvalue weighted by Crippen LogP contribution is -2.02. The van der Waals surface area contributed by atoms with E-state index in [0.717, 1.165) is 0 Å². The van der Waals surface area contributed by atoms with Gasteiger partial charge in [0, 0.05) is 18.1 Å². The van der Waals surface area contributed by atoms with Gasteiger partial charge in [-0.2, -0.15) is 0 Å². The summed E-state index contributed by atoms with van der Waals surface area (Å²) in [4.78, 5) is 14.6. The number of methoxy groups -OCH3 is 1. The lowest BCUT2D eigenvalue weighted by Gasteiger charge is -2.09. The van der Waals surface area contributed by atoms with Crippen LogP contribution in [0.3, 0.4) is 0 Å². The van der Waals surface area contributed by atoms with Gasteiger partial charge >= 0.3 is 5.69 Å². The zero-order valence-electron chi connectivity index (χ0n) is 11.3. The minimum atomic E-state index is -0.494. The van der Waals surface area contributed by atoms with Gasteiger partial charge in [-0.1, -0.05) is 6.07 Å². The number of nitro benzene ring substituents is 1. The molecule has 0 bridgehead atoms. The Morgan fingerprint density at radius 1 is 1.38 bits per heavy atom. The number of rotatable bonds is 6. The van der Waals surface area contributed by atoms with E-state index >= 15 is 0 Å². The molecule has 6 nitrogen and oxygen atoms in total. The van der Waals surface area contributed by atoms with E-state index in [1.54, 1.807) is 30.5 Å². The molecule has 0 unspecified atom stereocenters. The summed E-state index contributed by atoms with van der Waals surface area (Å²) in [6, 6.07) is 8.16. The Hall–Kier alpha value is -2.34.